The zero-order valence-electron chi connectivity index (χ0n) is 7.08. The van der Waals surface area contributed by atoms with E-state index in [1.807, 2.05) is 0 Å². The van der Waals surface area contributed by atoms with Crippen LogP contribution in [0.15, 0.2) is 29.4 Å². The second kappa shape index (κ2) is 4.54. The molecular weight excluding hydrogens is 176 g/mol. The van der Waals surface area contributed by atoms with Crippen LogP contribution in [0.3, 0.4) is 0 Å². The van der Waals surface area contributed by atoms with E-state index in [2.05, 4.69) is 9.99 Å². The summed E-state index contributed by atoms with van der Waals surface area (Å²) in [6.07, 6.45) is -1.07. The molecule has 0 aliphatic carbocycles. The van der Waals surface area contributed by atoms with Crippen LogP contribution in [0.1, 0.15) is 17.6 Å². The molecule has 70 valence electrons. The Kier molecular flexibility index (Phi) is 3.37. The topological polar surface area (TPSA) is 21.6 Å². The second-order valence-electron chi connectivity index (χ2n) is 2.39. The Balaban J connectivity index is 2.85. The molecule has 0 unspecified atom stereocenters. The molecule has 1 rings (SSSR count). The first-order chi connectivity index (χ1) is 6.24. The van der Waals surface area contributed by atoms with Gasteiger partial charge in [-0.1, -0.05) is 23.4 Å². The molecule has 0 saturated heterocycles. The molecule has 0 aromatic heterocycles. The summed E-state index contributed by atoms with van der Waals surface area (Å²) >= 11 is 0. The first kappa shape index (κ1) is 9.64. The van der Waals surface area contributed by atoms with Gasteiger partial charge in [0.2, 0.25) is 0 Å². The van der Waals surface area contributed by atoms with Crippen LogP contribution >= 0.6 is 0 Å². The summed E-state index contributed by atoms with van der Waals surface area (Å²) in [5.41, 5.74) is 0.583. The van der Waals surface area contributed by atoms with Crippen LogP contribution in [0.4, 0.5) is 8.78 Å². The summed E-state index contributed by atoms with van der Waals surface area (Å²) in [4.78, 5) is 4.43. The summed E-state index contributed by atoms with van der Waals surface area (Å²) in [6.45, 7) is 0. The molecule has 2 nitrogen and oxygen atoms in total. The van der Waals surface area contributed by atoms with E-state index in [0.717, 1.165) is 0 Å². The fourth-order valence-electron chi connectivity index (χ4n) is 0.889. The monoisotopic (exact) mass is 185 g/mol. The lowest BCUT2D eigenvalue weighted by Crippen LogP contribution is -1.87. The Bertz CT molecular complexity index is 299. The van der Waals surface area contributed by atoms with E-state index in [-0.39, 0.29) is 5.56 Å². The van der Waals surface area contributed by atoms with Crippen LogP contribution in [0, 0.1) is 0 Å². The summed E-state index contributed by atoms with van der Waals surface area (Å²) < 4.78 is 24.4. The summed E-state index contributed by atoms with van der Waals surface area (Å²) in [7, 11) is 1.40. The van der Waals surface area contributed by atoms with Crippen LogP contribution in [-0.2, 0) is 4.84 Å². The van der Waals surface area contributed by atoms with Crippen molar-refractivity contribution in [3.8, 4) is 0 Å². The number of oxime groups is 1. The van der Waals surface area contributed by atoms with Gasteiger partial charge in [-0.25, -0.2) is 8.78 Å². The molecule has 0 fully saturated rings. The molecular formula is C9H9F2NO. The van der Waals surface area contributed by atoms with E-state index < -0.39 is 6.43 Å². The Morgan fingerprint density at radius 1 is 1.46 bits per heavy atom. The van der Waals surface area contributed by atoms with E-state index in [1.165, 1.54) is 25.5 Å². The molecule has 0 saturated carbocycles. The van der Waals surface area contributed by atoms with E-state index in [1.54, 1.807) is 12.1 Å². The van der Waals surface area contributed by atoms with Gasteiger partial charge in [-0.3, -0.25) is 0 Å². The predicted molar refractivity (Wildman–Crippen MR) is 46.0 cm³/mol. The first-order valence-corrected chi connectivity index (χ1v) is 3.68. The third kappa shape index (κ3) is 2.82. The lowest BCUT2D eigenvalue weighted by Gasteiger charge is -1.99. The normalized spacial score (nSPS) is 11.1. The molecule has 0 radical (unpaired) electrons. The van der Waals surface area contributed by atoms with Crippen molar-refractivity contribution in [3.63, 3.8) is 0 Å². The minimum absolute atomic E-state index is 0.0138. The van der Waals surface area contributed by atoms with E-state index in [4.69, 9.17) is 0 Å². The molecule has 0 bridgehead atoms. The highest BCUT2D eigenvalue weighted by Crippen LogP contribution is 2.18. The molecule has 0 N–H and O–H groups in total. The van der Waals surface area contributed by atoms with Gasteiger partial charge in [-0.2, -0.15) is 0 Å². The maximum atomic E-state index is 12.2. The van der Waals surface area contributed by atoms with Gasteiger partial charge in [-0.05, 0) is 11.6 Å². The van der Waals surface area contributed by atoms with Crippen molar-refractivity contribution in [2.45, 2.75) is 6.43 Å². The maximum Gasteiger partial charge on any atom is 0.263 e. The van der Waals surface area contributed by atoms with E-state index in [0.29, 0.717) is 5.56 Å². The summed E-state index contributed by atoms with van der Waals surface area (Å²) in [5.74, 6) is 0. The lowest BCUT2D eigenvalue weighted by molar-refractivity contribution is 0.151. The highest BCUT2D eigenvalue weighted by Gasteiger charge is 2.05. The van der Waals surface area contributed by atoms with Crippen LogP contribution in [0.2, 0.25) is 0 Å². The van der Waals surface area contributed by atoms with Crippen molar-refractivity contribution in [1.82, 2.24) is 0 Å². The van der Waals surface area contributed by atoms with Crippen molar-refractivity contribution in [1.29, 1.82) is 0 Å². The summed E-state index contributed by atoms with van der Waals surface area (Å²) in [5, 5.41) is 3.47. The van der Waals surface area contributed by atoms with Crippen molar-refractivity contribution in [3.05, 3.63) is 35.4 Å². The van der Waals surface area contributed by atoms with Gasteiger partial charge in [0.05, 0.1) is 6.21 Å². The third-order valence-electron chi connectivity index (χ3n) is 1.47. The number of nitrogens with zero attached hydrogens (tertiary/aromatic N) is 1. The number of rotatable bonds is 3. The molecule has 13 heavy (non-hydrogen) atoms. The van der Waals surface area contributed by atoms with Gasteiger partial charge >= 0.3 is 0 Å². The van der Waals surface area contributed by atoms with Crippen molar-refractivity contribution >= 4 is 6.21 Å². The average molecular weight is 185 g/mol. The average Bonchev–Trinajstić information content (AvgIpc) is 2.15. The quantitative estimate of drug-likeness (QED) is 0.524. The Hall–Kier alpha value is -1.45. The number of benzene rings is 1. The highest BCUT2D eigenvalue weighted by molar-refractivity contribution is 5.79. The number of alkyl halides is 2. The van der Waals surface area contributed by atoms with Gasteiger partial charge in [-0.15, -0.1) is 0 Å². The standard InChI is InChI=1S/C9H9F2NO/c1-13-12-6-7-3-2-4-8(5-7)9(10)11/h2-6,9H,1H3. The van der Waals surface area contributed by atoms with Crippen LogP contribution in [-0.4, -0.2) is 13.3 Å². The van der Waals surface area contributed by atoms with Crippen LogP contribution in [0.25, 0.3) is 0 Å². The van der Waals surface area contributed by atoms with Crippen molar-refractivity contribution < 1.29 is 13.6 Å². The largest absolute Gasteiger partial charge is 0.399 e. The second-order valence-corrected chi connectivity index (χ2v) is 2.39. The molecule has 0 amide bonds. The van der Waals surface area contributed by atoms with Crippen LogP contribution in [0.5, 0.6) is 0 Å². The zero-order chi connectivity index (χ0) is 9.68. The molecule has 0 aliphatic heterocycles. The minimum atomic E-state index is -2.45. The molecule has 0 spiro atoms. The predicted octanol–water partition coefficient (Wildman–Crippen LogP) is 2.60. The van der Waals surface area contributed by atoms with Gasteiger partial charge in [0.15, 0.2) is 0 Å². The van der Waals surface area contributed by atoms with Gasteiger partial charge < -0.3 is 4.84 Å². The minimum Gasteiger partial charge on any atom is -0.399 e. The van der Waals surface area contributed by atoms with Crippen molar-refractivity contribution in [2.75, 3.05) is 7.11 Å². The SMILES string of the molecule is CON=Cc1cccc(C(F)F)c1. The molecule has 0 heterocycles. The Labute approximate surface area is 74.8 Å². The lowest BCUT2D eigenvalue weighted by atomic mass is 10.1. The Morgan fingerprint density at radius 3 is 2.85 bits per heavy atom. The number of hydrogen-bond acceptors (Lipinski definition) is 2. The first-order valence-electron chi connectivity index (χ1n) is 3.68. The molecule has 1 aromatic rings. The smallest absolute Gasteiger partial charge is 0.263 e. The summed E-state index contributed by atoms with van der Waals surface area (Å²) in [6, 6.07) is 5.97. The molecule has 4 heteroatoms. The van der Waals surface area contributed by atoms with E-state index >= 15 is 0 Å². The molecule has 0 aliphatic rings. The number of hydrogen-bond donors (Lipinski definition) is 0. The van der Waals surface area contributed by atoms with Gasteiger partial charge in [0.25, 0.3) is 6.43 Å². The Morgan fingerprint density at radius 2 is 2.23 bits per heavy atom. The maximum absolute atomic E-state index is 12.2. The fraction of sp³-hybridized carbons (Fsp3) is 0.222. The van der Waals surface area contributed by atoms with Crippen LogP contribution < -0.4 is 0 Å². The molecule has 0 atom stereocenters. The van der Waals surface area contributed by atoms with E-state index in [9.17, 15) is 8.78 Å². The van der Waals surface area contributed by atoms with Gasteiger partial charge in [0.1, 0.15) is 7.11 Å². The third-order valence-corrected chi connectivity index (χ3v) is 1.47. The van der Waals surface area contributed by atoms with Crippen molar-refractivity contribution in [2.24, 2.45) is 5.16 Å². The fourth-order valence-corrected chi connectivity index (χ4v) is 0.889. The highest BCUT2D eigenvalue weighted by atomic mass is 19.3. The van der Waals surface area contributed by atoms with Gasteiger partial charge in [0, 0.05) is 5.56 Å². The zero-order valence-corrected chi connectivity index (χ0v) is 7.08. The molecule has 1 aromatic carbocycles. The number of halogens is 2.